The van der Waals surface area contributed by atoms with Crippen LogP contribution < -0.4 is 0 Å². The number of aliphatic hydroxyl groups excluding tert-OH is 2. The molecule has 9 nitrogen and oxygen atoms in total. The van der Waals surface area contributed by atoms with E-state index in [2.05, 4.69) is 48.5 Å². The van der Waals surface area contributed by atoms with Crippen molar-refractivity contribution in [1.29, 1.82) is 0 Å². The van der Waals surface area contributed by atoms with Crippen molar-refractivity contribution in [3.63, 3.8) is 0 Å². The lowest BCUT2D eigenvalue weighted by Crippen LogP contribution is -2.47. The van der Waals surface area contributed by atoms with Crippen LogP contribution in [0.15, 0.2) is 97.1 Å². The molecule has 0 aromatic heterocycles. The van der Waals surface area contributed by atoms with Crippen LogP contribution in [0.1, 0.15) is 122 Å². The van der Waals surface area contributed by atoms with Crippen molar-refractivity contribution in [3.8, 4) is 0 Å². The molecule has 1 heterocycles. The quantitative estimate of drug-likeness (QED) is 0.0972. The highest BCUT2D eigenvalue weighted by molar-refractivity contribution is 5.99. The predicted octanol–water partition coefficient (Wildman–Crippen LogP) is 7.97. The molecule has 9 heteroatoms. The Balaban J connectivity index is 0.000000200. The zero-order valence-corrected chi connectivity index (χ0v) is 33.6. The third kappa shape index (κ3) is 11.8. The SMILES string of the molecule is C[C@H]1COCCN1C(=O)c1ccc(C(=O)CC[C@@H](O)CCC2Cc3ccccc3C2)cc1.O=C(O)c1ccc(C(=O)CC[C@@H](O)CCC2Cc3ccccc3C2)cc1. The molecule has 0 saturated carbocycles. The van der Waals surface area contributed by atoms with Crippen molar-refractivity contribution in [1.82, 2.24) is 4.90 Å². The monoisotopic (exact) mass is 787 g/mol. The summed E-state index contributed by atoms with van der Waals surface area (Å²) in [5, 5.41) is 29.5. The highest BCUT2D eigenvalue weighted by Crippen LogP contribution is 2.31. The molecular weight excluding hydrogens is 731 g/mol. The molecule has 3 aliphatic rings. The number of fused-ring (bicyclic) bond motifs is 2. The summed E-state index contributed by atoms with van der Waals surface area (Å²) < 4.78 is 5.40. The van der Waals surface area contributed by atoms with E-state index in [0.29, 0.717) is 74.0 Å². The Morgan fingerprint density at radius 2 is 1.00 bits per heavy atom. The van der Waals surface area contributed by atoms with Crippen LogP contribution in [0.5, 0.6) is 0 Å². The minimum absolute atomic E-state index is 0.0102. The number of morpholine rings is 1. The Morgan fingerprint density at radius 1 is 0.603 bits per heavy atom. The minimum Gasteiger partial charge on any atom is -0.478 e. The Labute approximate surface area is 342 Å². The second kappa shape index (κ2) is 20.6. The first-order valence-corrected chi connectivity index (χ1v) is 20.9. The van der Waals surface area contributed by atoms with E-state index in [1.54, 1.807) is 24.3 Å². The standard InChI is InChI=1S/C27H33NO4.C22H24O4/c1-19-18-32-15-14-28(19)27(31)22-9-7-21(8-10-22)26(30)13-12-25(29)11-6-20-16-23-4-2-3-5-24(23)17-20;23-20(10-5-15-13-18-3-1-2-4-19(18)14-15)11-12-21(24)16-6-8-17(9-7-16)22(25)26/h2-5,7-10,19-20,25,29H,6,11-18H2,1H3;1-4,6-9,15,20,23H,5,10-14H2,(H,25,26)/t19-,25-;20-/m00/s1. The topological polar surface area (TPSA) is 141 Å². The molecule has 0 spiro atoms. The van der Waals surface area contributed by atoms with Crippen LogP contribution in [0.3, 0.4) is 0 Å². The molecule has 1 aliphatic heterocycles. The molecule has 0 unspecified atom stereocenters. The number of rotatable bonds is 16. The number of carboxylic acids is 1. The number of ether oxygens (including phenoxy) is 1. The van der Waals surface area contributed by atoms with Crippen molar-refractivity contribution < 1.29 is 39.2 Å². The van der Waals surface area contributed by atoms with Gasteiger partial charge in [-0.15, -0.1) is 0 Å². The van der Waals surface area contributed by atoms with Crippen LogP contribution in [-0.2, 0) is 30.4 Å². The maximum absolute atomic E-state index is 12.7. The van der Waals surface area contributed by atoms with Gasteiger partial charge in [-0.25, -0.2) is 4.79 Å². The number of benzene rings is 4. The number of nitrogens with zero attached hydrogens (tertiary/aromatic N) is 1. The van der Waals surface area contributed by atoms with E-state index in [0.717, 1.165) is 44.9 Å². The summed E-state index contributed by atoms with van der Waals surface area (Å²) in [6.07, 6.45) is 8.34. The fourth-order valence-electron chi connectivity index (χ4n) is 8.53. The summed E-state index contributed by atoms with van der Waals surface area (Å²) >= 11 is 0. The molecule has 1 amide bonds. The number of carboxylic acid groups (broad SMARTS) is 1. The van der Waals surface area contributed by atoms with Crippen molar-refractivity contribution >= 4 is 23.4 Å². The second-order valence-electron chi connectivity index (χ2n) is 16.4. The maximum Gasteiger partial charge on any atom is 0.335 e. The number of carbonyl (C=O) groups excluding carboxylic acids is 3. The first kappa shape index (κ1) is 42.6. The first-order valence-electron chi connectivity index (χ1n) is 20.9. The van der Waals surface area contributed by atoms with Crippen LogP contribution in [-0.4, -0.2) is 81.7 Å². The maximum atomic E-state index is 12.7. The van der Waals surface area contributed by atoms with Crippen molar-refractivity contribution in [2.45, 2.75) is 102 Å². The molecule has 1 saturated heterocycles. The van der Waals surface area contributed by atoms with Gasteiger partial charge in [0.05, 0.1) is 37.0 Å². The van der Waals surface area contributed by atoms with Gasteiger partial charge in [-0.2, -0.15) is 0 Å². The van der Waals surface area contributed by atoms with Crippen molar-refractivity contribution in [2.24, 2.45) is 11.8 Å². The highest BCUT2D eigenvalue weighted by atomic mass is 16.5. The van der Waals surface area contributed by atoms with E-state index in [-0.39, 0.29) is 35.5 Å². The van der Waals surface area contributed by atoms with Crippen molar-refractivity contribution in [2.75, 3.05) is 19.8 Å². The zero-order chi connectivity index (χ0) is 41.0. The zero-order valence-electron chi connectivity index (χ0n) is 33.6. The number of hydrogen-bond donors (Lipinski definition) is 3. The predicted molar refractivity (Wildman–Crippen MR) is 223 cm³/mol. The van der Waals surface area contributed by atoms with Crippen LogP contribution >= 0.6 is 0 Å². The van der Waals surface area contributed by atoms with Crippen LogP contribution in [0.25, 0.3) is 0 Å². The molecule has 0 bridgehead atoms. The number of hydrogen-bond acceptors (Lipinski definition) is 7. The first-order chi connectivity index (χ1) is 28.0. The molecular formula is C49H57NO8. The highest BCUT2D eigenvalue weighted by Gasteiger charge is 2.26. The van der Waals surface area contributed by atoms with E-state index in [1.165, 1.54) is 46.5 Å². The average molecular weight is 788 g/mol. The van der Waals surface area contributed by atoms with Crippen LogP contribution in [0, 0.1) is 11.8 Å². The van der Waals surface area contributed by atoms with E-state index in [9.17, 15) is 29.4 Å². The van der Waals surface area contributed by atoms with Crippen LogP contribution in [0.2, 0.25) is 0 Å². The molecule has 306 valence electrons. The summed E-state index contributed by atoms with van der Waals surface area (Å²) in [5.74, 6) is 0.0985. The molecule has 58 heavy (non-hydrogen) atoms. The van der Waals surface area contributed by atoms with Gasteiger partial charge in [0.1, 0.15) is 0 Å². The Kier molecular flexibility index (Phi) is 15.2. The molecule has 2 aliphatic carbocycles. The number of aliphatic hydroxyl groups is 2. The normalized spacial score (nSPS) is 17.4. The van der Waals surface area contributed by atoms with Gasteiger partial charge in [-0.05, 0) is 129 Å². The smallest absolute Gasteiger partial charge is 0.335 e. The van der Waals surface area contributed by atoms with Gasteiger partial charge >= 0.3 is 5.97 Å². The number of aromatic carboxylic acids is 1. The van der Waals surface area contributed by atoms with E-state index >= 15 is 0 Å². The Morgan fingerprint density at radius 3 is 1.40 bits per heavy atom. The molecule has 7 rings (SSSR count). The summed E-state index contributed by atoms with van der Waals surface area (Å²) in [5.41, 5.74) is 7.56. The number of Topliss-reactive ketones (excluding diaryl/α,β-unsaturated/α-hetero) is 2. The summed E-state index contributed by atoms with van der Waals surface area (Å²) in [4.78, 5) is 50.1. The lowest BCUT2D eigenvalue weighted by atomic mass is 9.95. The Hall–Kier alpha value is -4.96. The third-order valence-electron chi connectivity index (χ3n) is 12.0. The largest absolute Gasteiger partial charge is 0.478 e. The van der Waals surface area contributed by atoms with Gasteiger partial charge in [0.2, 0.25) is 0 Å². The number of carbonyl (C=O) groups is 4. The third-order valence-corrected chi connectivity index (χ3v) is 12.0. The lowest BCUT2D eigenvalue weighted by Gasteiger charge is -2.33. The van der Waals surface area contributed by atoms with Gasteiger partial charge in [-0.1, -0.05) is 72.8 Å². The molecule has 0 radical (unpaired) electrons. The molecule has 3 N–H and O–H groups in total. The average Bonchev–Trinajstić information content (AvgIpc) is 3.87. The number of amides is 1. The van der Waals surface area contributed by atoms with Gasteiger partial charge in [0.25, 0.3) is 5.91 Å². The summed E-state index contributed by atoms with van der Waals surface area (Å²) in [6, 6.07) is 30.0. The fourth-order valence-corrected chi connectivity index (χ4v) is 8.53. The summed E-state index contributed by atoms with van der Waals surface area (Å²) in [7, 11) is 0. The fraction of sp³-hybridized carbons (Fsp3) is 0.429. The van der Waals surface area contributed by atoms with Gasteiger partial charge < -0.3 is 25.0 Å². The van der Waals surface area contributed by atoms with Gasteiger partial charge in [0, 0.05) is 36.1 Å². The molecule has 4 aromatic rings. The Bertz CT molecular complexity index is 1960. The lowest BCUT2D eigenvalue weighted by molar-refractivity contribution is 0.00358. The van der Waals surface area contributed by atoms with Crippen LogP contribution in [0.4, 0.5) is 0 Å². The van der Waals surface area contributed by atoms with E-state index in [1.807, 2.05) is 11.8 Å². The second-order valence-corrected chi connectivity index (χ2v) is 16.4. The molecule has 4 aromatic carbocycles. The van der Waals surface area contributed by atoms with Gasteiger partial charge in [0.15, 0.2) is 11.6 Å². The van der Waals surface area contributed by atoms with Crippen molar-refractivity contribution in [3.05, 3.63) is 142 Å². The van der Waals surface area contributed by atoms with E-state index < -0.39 is 18.2 Å². The van der Waals surface area contributed by atoms with Gasteiger partial charge in [-0.3, -0.25) is 14.4 Å². The minimum atomic E-state index is -1.01. The number of ketones is 2. The summed E-state index contributed by atoms with van der Waals surface area (Å²) in [6.45, 7) is 3.68. The molecule has 3 atom stereocenters. The molecule has 1 fully saturated rings. The van der Waals surface area contributed by atoms with E-state index in [4.69, 9.17) is 9.84 Å².